The first-order chi connectivity index (χ1) is 8.19. The molecule has 0 saturated carbocycles. The van der Waals surface area contributed by atoms with Gasteiger partial charge >= 0.3 is 6.01 Å². The van der Waals surface area contributed by atoms with E-state index in [4.69, 9.17) is 4.42 Å². The number of nitrogens with one attached hydrogen (secondary N) is 2. The highest BCUT2D eigenvalue weighted by atomic mass is 32.2. The van der Waals surface area contributed by atoms with Crippen LogP contribution < -0.4 is 10.6 Å². The molecule has 1 rings (SSSR count). The lowest BCUT2D eigenvalue weighted by molar-refractivity contribution is 0.483. The Hall–Kier alpha value is -0.750. The molecule has 1 heterocycles. The fourth-order valence-corrected chi connectivity index (χ4v) is 2.44. The van der Waals surface area contributed by atoms with Crippen LogP contribution in [0.2, 0.25) is 0 Å². The van der Waals surface area contributed by atoms with Gasteiger partial charge in [0.05, 0.1) is 6.54 Å². The van der Waals surface area contributed by atoms with E-state index in [-0.39, 0.29) is 4.75 Å². The minimum atomic E-state index is 0.248. The predicted molar refractivity (Wildman–Crippen MR) is 72.4 cm³/mol. The molecule has 0 amide bonds. The molecule has 0 unspecified atom stereocenters. The van der Waals surface area contributed by atoms with E-state index in [0.29, 0.717) is 18.5 Å². The molecule has 1 aromatic heterocycles. The van der Waals surface area contributed by atoms with Gasteiger partial charge in [0, 0.05) is 11.3 Å². The number of rotatable bonds is 8. The average Bonchev–Trinajstić information content (AvgIpc) is 2.80. The van der Waals surface area contributed by atoms with Crippen LogP contribution in [0.4, 0.5) is 6.01 Å². The predicted octanol–water partition coefficient (Wildman–Crippen LogP) is 2.12. The van der Waals surface area contributed by atoms with Crippen molar-refractivity contribution in [3.8, 4) is 0 Å². The smallest absolute Gasteiger partial charge is 0.315 e. The summed E-state index contributed by atoms with van der Waals surface area (Å²) < 4.78 is 5.70. The lowest BCUT2D eigenvalue weighted by atomic mass is 10.0. The lowest BCUT2D eigenvalue weighted by Crippen LogP contribution is -2.32. The quantitative estimate of drug-likeness (QED) is 0.745. The van der Waals surface area contributed by atoms with E-state index in [1.165, 1.54) is 0 Å². The summed E-state index contributed by atoms with van der Waals surface area (Å²) in [6.07, 6.45) is 4.39. The highest BCUT2D eigenvalue weighted by Gasteiger charge is 2.25. The normalized spacial score (nSPS) is 11.8. The molecule has 0 aliphatic rings. The van der Waals surface area contributed by atoms with Crippen molar-refractivity contribution < 1.29 is 4.42 Å². The summed E-state index contributed by atoms with van der Waals surface area (Å²) in [5, 5.41) is 14.1. The molecule has 0 bridgehead atoms. The zero-order chi connectivity index (χ0) is 12.7. The molecule has 2 N–H and O–H groups in total. The van der Waals surface area contributed by atoms with Crippen molar-refractivity contribution in [2.24, 2.45) is 0 Å². The minimum absolute atomic E-state index is 0.248. The Morgan fingerprint density at radius 3 is 2.53 bits per heavy atom. The summed E-state index contributed by atoms with van der Waals surface area (Å²) >= 11 is 1.89. The number of hydrogen-bond acceptors (Lipinski definition) is 6. The van der Waals surface area contributed by atoms with Crippen LogP contribution in [0.3, 0.4) is 0 Å². The van der Waals surface area contributed by atoms with Crippen LogP contribution in [-0.2, 0) is 6.54 Å². The largest absolute Gasteiger partial charge is 0.407 e. The Kier molecular flexibility index (Phi) is 5.77. The van der Waals surface area contributed by atoms with Crippen molar-refractivity contribution in [3.05, 3.63) is 5.89 Å². The van der Waals surface area contributed by atoms with Gasteiger partial charge in [-0.3, -0.25) is 0 Å². The molecular formula is C11H22N4OS. The van der Waals surface area contributed by atoms with E-state index in [0.717, 1.165) is 19.4 Å². The van der Waals surface area contributed by atoms with Crippen molar-refractivity contribution in [1.29, 1.82) is 0 Å². The molecular weight excluding hydrogens is 236 g/mol. The number of anilines is 1. The molecule has 0 radical (unpaired) electrons. The molecule has 98 valence electrons. The maximum absolute atomic E-state index is 5.45. The number of nitrogens with zero attached hydrogens (tertiary/aromatic N) is 2. The molecule has 0 saturated heterocycles. The Morgan fingerprint density at radius 1 is 1.29 bits per heavy atom. The molecule has 0 aromatic carbocycles. The standard InChI is InChI=1S/C11H22N4OS/c1-5-11(6-2,17-4)8-13-10-15-14-9(16-10)7-12-3/h12H,5-8H2,1-4H3,(H,13,15). The van der Waals surface area contributed by atoms with E-state index < -0.39 is 0 Å². The summed E-state index contributed by atoms with van der Waals surface area (Å²) in [5.41, 5.74) is 0. The molecule has 0 aliphatic heterocycles. The maximum atomic E-state index is 5.45. The molecule has 6 heteroatoms. The van der Waals surface area contributed by atoms with Crippen molar-refractivity contribution in [2.75, 3.05) is 25.2 Å². The summed E-state index contributed by atoms with van der Waals surface area (Å²) in [4.78, 5) is 0. The van der Waals surface area contributed by atoms with Crippen LogP contribution in [0, 0.1) is 0 Å². The number of hydrogen-bond donors (Lipinski definition) is 2. The highest BCUT2D eigenvalue weighted by molar-refractivity contribution is 8.00. The second-order valence-electron chi connectivity index (χ2n) is 3.98. The van der Waals surface area contributed by atoms with Gasteiger partial charge in [0.15, 0.2) is 0 Å². The molecule has 5 nitrogen and oxygen atoms in total. The molecule has 17 heavy (non-hydrogen) atoms. The van der Waals surface area contributed by atoms with Gasteiger partial charge in [-0.15, -0.1) is 5.10 Å². The summed E-state index contributed by atoms with van der Waals surface area (Å²) in [6, 6.07) is 0.510. The first-order valence-electron chi connectivity index (χ1n) is 5.95. The molecule has 0 spiro atoms. The Balaban J connectivity index is 2.53. The van der Waals surface area contributed by atoms with Gasteiger partial charge < -0.3 is 15.1 Å². The molecule has 1 aromatic rings. The van der Waals surface area contributed by atoms with E-state index in [2.05, 4.69) is 40.9 Å². The van der Waals surface area contributed by atoms with Gasteiger partial charge in [-0.1, -0.05) is 18.9 Å². The van der Waals surface area contributed by atoms with Crippen molar-refractivity contribution in [2.45, 2.75) is 38.0 Å². The van der Waals surface area contributed by atoms with Gasteiger partial charge in [-0.05, 0) is 26.1 Å². The third-order valence-corrected chi connectivity index (χ3v) is 4.67. The second kappa shape index (κ2) is 6.86. The summed E-state index contributed by atoms with van der Waals surface area (Å²) in [7, 11) is 1.85. The van der Waals surface area contributed by atoms with Gasteiger partial charge in [-0.25, -0.2) is 0 Å². The summed E-state index contributed by atoms with van der Waals surface area (Å²) in [6.45, 7) is 5.87. The monoisotopic (exact) mass is 258 g/mol. The van der Waals surface area contributed by atoms with E-state index in [1.807, 2.05) is 18.8 Å². The highest BCUT2D eigenvalue weighted by Crippen LogP contribution is 2.30. The van der Waals surface area contributed by atoms with Gasteiger partial charge in [0.25, 0.3) is 0 Å². The number of aromatic nitrogens is 2. The molecule has 0 atom stereocenters. The second-order valence-corrected chi connectivity index (χ2v) is 5.25. The topological polar surface area (TPSA) is 63.0 Å². The van der Waals surface area contributed by atoms with E-state index in [1.54, 1.807) is 0 Å². The zero-order valence-electron chi connectivity index (χ0n) is 11.0. The van der Waals surface area contributed by atoms with Crippen LogP contribution in [0.15, 0.2) is 4.42 Å². The van der Waals surface area contributed by atoms with Crippen molar-refractivity contribution in [1.82, 2.24) is 15.5 Å². The van der Waals surface area contributed by atoms with Crippen LogP contribution in [0.5, 0.6) is 0 Å². The first-order valence-corrected chi connectivity index (χ1v) is 7.18. The third-order valence-electron chi connectivity index (χ3n) is 3.08. The van der Waals surface area contributed by atoms with Gasteiger partial charge in [-0.2, -0.15) is 11.8 Å². The average molecular weight is 258 g/mol. The van der Waals surface area contributed by atoms with Crippen molar-refractivity contribution >= 4 is 17.8 Å². The Bertz CT molecular complexity index is 317. The number of thioether (sulfide) groups is 1. The Labute approximate surface area is 107 Å². The molecule has 0 aliphatic carbocycles. The van der Waals surface area contributed by atoms with E-state index >= 15 is 0 Å². The first kappa shape index (κ1) is 14.3. The maximum Gasteiger partial charge on any atom is 0.315 e. The van der Waals surface area contributed by atoms with Crippen molar-refractivity contribution in [3.63, 3.8) is 0 Å². The van der Waals surface area contributed by atoms with Crippen LogP contribution in [-0.4, -0.2) is 34.8 Å². The summed E-state index contributed by atoms with van der Waals surface area (Å²) in [5.74, 6) is 0.609. The SMILES string of the molecule is CCC(CC)(CNc1nnc(CNC)o1)SC. The van der Waals surface area contributed by atoms with Crippen LogP contribution in [0.1, 0.15) is 32.6 Å². The van der Waals surface area contributed by atoms with Crippen LogP contribution >= 0.6 is 11.8 Å². The van der Waals surface area contributed by atoms with Crippen LogP contribution in [0.25, 0.3) is 0 Å². The van der Waals surface area contributed by atoms with E-state index in [9.17, 15) is 0 Å². The van der Waals surface area contributed by atoms with Gasteiger partial charge in [0.2, 0.25) is 5.89 Å². The third kappa shape index (κ3) is 3.89. The minimum Gasteiger partial charge on any atom is -0.407 e. The molecule has 0 fully saturated rings. The zero-order valence-corrected chi connectivity index (χ0v) is 11.9. The van der Waals surface area contributed by atoms with Gasteiger partial charge in [0.1, 0.15) is 0 Å². The lowest BCUT2D eigenvalue weighted by Gasteiger charge is -2.29. The Morgan fingerprint density at radius 2 is 2.00 bits per heavy atom. The fraction of sp³-hybridized carbons (Fsp3) is 0.818. The fourth-order valence-electron chi connectivity index (χ4n) is 1.65.